The lowest BCUT2D eigenvalue weighted by Crippen LogP contribution is -2.32. The molecule has 0 bridgehead atoms. The van der Waals surface area contributed by atoms with E-state index >= 15 is 0 Å². The number of aromatic nitrogens is 1. The third kappa shape index (κ3) is 4.49. The summed E-state index contributed by atoms with van der Waals surface area (Å²) >= 11 is 1.18. The van der Waals surface area contributed by atoms with Crippen molar-refractivity contribution in [2.24, 2.45) is 0 Å². The Morgan fingerprint density at radius 2 is 2.29 bits per heavy atom. The molecule has 0 aliphatic carbocycles. The number of hydrogen-bond donors (Lipinski definition) is 1. The van der Waals surface area contributed by atoms with Gasteiger partial charge >= 0.3 is 5.97 Å². The SMILES string of the molecule is CC(C)(C)ON(C=O)Cc1nc(C(=O)O)cs1. The fourth-order valence-electron chi connectivity index (χ4n) is 1.06. The number of carboxylic acid groups (broad SMARTS) is 1. The number of aromatic carboxylic acids is 1. The van der Waals surface area contributed by atoms with Crippen molar-refractivity contribution in [3.63, 3.8) is 0 Å². The predicted octanol–water partition coefficient (Wildman–Crippen LogP) is 1.53. The lowest BCUT2D eigenvalue weighted by molar-refractivity contribution is -0.220. The first kappa shape index (κ1) is 13.6. The van der Waals surface area contributed by atoms with Gasteiger partial charge in [-0.25, -0.2) is 14.8 Å². The van der Waals surface area contributed by atoms with Gasteiger partial charge in [-0.2, -0.15) is 0 Å². The zero-order chi connectivity index (χ0) is 13.1. The van der Waals surface area contributed by atoms with E-state index in [0.717, 1.165) is 5.06 Å². The molecule has 1 amide bonds. The molecule has 1 N–H and O–H groups in total. The van der Waals surface area contributed by atoms with Gasteiger partial charge in [0.05, 0.1) is 5.60 Å². The van der Waals surface area contributed by atoms with Gasteiger partial charge in [0.2, 0.25) is 6.41 Å². The average Bonchev–Trinajstić information content (AvgIpc) is 2.63. The van der Waals surface area contributed by atoms with Gasteiger partial charge in [-0.3, -0.25) is 9.63 Å². The quantitative estimate of drug-likeness (QED) is 0.640. The number of rotatable bonds is 5. The van der Waals surface area contributed by atoms with E-state index in [-0.39, 0.29) is 12.2 Å². The summed E-state index contributed by atoms with van der Waals surface area (Å²) in [4.78, 5) is 30.6. The highest BCUT2D eigenvalue weighted by Gasteiger charge is 2.18. The van der Waals surface area contributed by atoms with Crippen LogP contribution in [-0.4, -0.2) is 33.1 Å². The van der Waals surface area contributed by atoms with E-state index in [4.69, 9.17) is 9.94 Å². The predicted molar refractivity (Wildman–Crippen MR) is 61.5 cm³/mol. The molecule has 1 aromatic rings. The molecule has 0 fully saturated rings. The van der Waals surface area contributed by atoms with Crippen LogP contribution >= 0.6 is 11.3 Å². The molecule has 0 radical (unpaired) electrons. The van der Waals surface area contributed by atoms with Crippen LogP contribution in [-0.2, 0) is 16.2 Å². The maximum Gasteiger partial charge on any atom is 0.355 e. The zero-order valence-electron chi connectivity index (χ0n) is 9.84. The van der Waals surface area contributed by atoms with Gasteiger partial charge in [0.15, 0.2) is 5.69 Å². The van der Waals surface area contributed by atoms with Crippen molar-refractivity contribution in [1.82, 2.24) is 10.0 Å². The molecule has 1 rings (SSSR count). The number of carbonyl (C=O) groups excluding carboxylic acids is 1. The Hall–Kier alpha value is -1.47. The highest BCUT2D eigenvalue weighted by atomic mass is 32.1. The maximum absolute atomic E-state index is 10.8. The van der Waals surface area contributed by atoms with Gasteiger partial charge < -0.3 is 5.11 Å². The van der Waals surface area contributed by atoms with E-state index in [1.807, 2.05) is 20.8 Å². The van der Waals surface area contributed by atoms with Gasteiger partial charge in [0.25, 0.3) is 0 Å². The van der Waals surface area contributed by atoms with E-state index in [1.54, 1.807) is 0 Å². The van der Waals surface area contributed by atoms with E-state index < -0.39 is 11.6 Å². The minimum atomic E-state index is -1.08. The molecule has 1 aromatic heterocycles. The Morgan fingerprint density at radius 1 is 1.65 bits per heavy atom. The van der Waals surface area contributed by atoms with Crippen molar-refractivity contribution in [3.8, 4) is 0 Å². The van der Waals surface area contributed by atoms with Crippen molar-refractivity contribution in [1.29, 1.82) is 0 Å². The van der Waals surface area contributed by atoms with E-state index in [9.17, 15) is 9.59 Å². The maximum atomic E-state index is 10.8. The van der Waals surface area contributed by atoms with Crippen LogP contribution in [0.1, 0.15) is 36.3 Å². The minimum Gasteiger partial charge on any atom is -0.476 e. The van der Waals surface area contributed by atoms with Crippen LogP contribution in [0.25, 0.3) is 0 Å². The minimum absolute atomic E-state index is 0.0217. The van der Waals surface area contributed by atoms with E-state index in [0.29, 0.717) is 11.4 Å². The molecule has 0 saturated heterocycles. The lowest BCUT2D eigenvalue weighted by atomic mass is 10.2. The molecule has 7 heteroatoms. The van der Waals surface area contributed by atoms with Crippen molar-refractivity contribution >= 4 is 23.7 Å². The highest BCUT2D eigenvalue weighted by Crippen LogP contribution is 2.15. The van der Waals surface area contributed by atoms with Crippen molar-refractivity contribution in [2.75, 3.05) is 0 Å². The number of carboxylic acids is 1. The first-order valence-electron chi connectivity index (χ1n) is 4.90. The molecule has 0 atom stereocenters. The lowest BCUT2D eigenvalue weighted by Gasteiger charge is -2.25. The summed E-state index contributed by atoms with van der Waals surface area (Å²) in [5.74, 6) is -1.08. The summed E-state index contributed by atoms with van der Waals surface area (Å²) in [5.41, 5.74) is -0.514. The van der Waals surface area contributed by atoms with Crippen LogP contribution in [0.3, 0.4) is 0 Å². The van der Waals surface area contributed by atoms with E-state index in [1.165, 1.54) is 16.7 Å². The van der Waals surface area contributed by atoms with Crippen LogP contribution in [0.5, 0.6) is 0 Å². The number of thiazole rings is 1. The standard InChI is InChI=1S/C10H14N2O4S/c1-10(2,3)16-12(6-13)4-8-11-7(5-17-8)9(14)15/h5-6H,4H2,1-3H3,(H,14,15). The second kappa shape index (κ2) is 5.24. The molecule has 0 aromatic carbocycles. The monoisotopic (exact) mass is 258 g/mol. The molecular weight excluding hydrogens is 244 g/mol. The fourth-order valence-corrected chi connectivity index (χ4v) is 1.81. The summed E-state index contributed by atoms with van der Waals surface area (Å²) < 4.78 is 0. The zero-order valence-corrected chi connectivity index (χ0v) is 10.7. The van der Waals surface area contributed by atoms with Gasteiger partial charge in [0.1, 0.15) is 11.6 Å². The highest BCUT2D eigenvalue weighted by molar-refractivity contribution is 7.09. The molecule has 0 saturated carbocycles. The summed E-state index contributed by atoms with van der Waals surface area (Å²) in [6, 6.07) is 0. The Morgan fingerprint density at radius 3 is 2.71 bits per heavy atom. The third-order valence-electron chi connectivity index (χ3n) is 1.57. The van der Waals surface area contributed by atoms with Gasteiger partial charge in [-0.05, 0) is 20.8 Å². The average molecular weight is 258 g/mol. The number of nitrogens with zero attached hydrogens (tertiary/aromatic N) is 2. The van der Waals surface area contributed by atoms with Crippen molar-refractivity contribution in [2.45, 2.75) is 32.9 Å². The van der Waals surface area contributed by atoms with Crippen molar-refractivity contribution in [3.05, 3.63) is 16.1 Å². The van der Waals surface area contributed by atoms with Gasteiger partial charge in [0, 0.05) is 5.38 Å². The van der Waals surface area contributed by atoms with Crippen molar-refractivity contribution < 1.29 is 19.5 Å². The fraction of sp³-hybridized carbons (Fsp3) is 0.500. The molecule has 6 nitrogen and oxygen atoms in total. The molecule has 94 valence electrons. The molecule has 17 heavy (non-hydrogen) atoms. The van der Waals surface area contributed by atoms with Gasteiger partial charge in [-0.15, -0.1) is 11.3 Å². The number of amides is 1. The molecule has 1 heterocycles. The molecule has 0 aliphatic heterocycles. The summed E-state index contributed by atoms with van der Waals surface area (Å²) in [6.07, 6.45) is 0.549. The van der Waals surface area contributed by atoms with Crippen LogP contribution in [0, 0.1) is 0 Å². The van der Waals surface area contributed by atoms with Gasteiger partial charge in [-0.1, -0.05) is 0 Å². The number of carbonyl (C=O) groups is 2. The molecule has 0 unspecified atom stereocenters. The second-order valence-electron chi connectivity index (χ2n) is 4.32. The number of hydroxylamine groups is 2. The third-order valence-corrected chi connectivity index (χ3v) is 2.40. The smallest absolute Gasteiger partial charge is 0.355 e. The largest absolute Gasteiger partial charge is 0.476 e. The normalized spacial score (nSPS) is 11.2. The molecule has 0 aliphatic rings. The second-order valence-corrected chi connectivity index (χ2v) is 5.26. The summed E-state index contributed by atoms with van der Waals surface area (Å²) in [5, 5.41) is 11.7. The Bertz CT molecular complexity index is 411. The van der Waals surface area contributed by atoms with E-state index in [2.05, 4.69) is 4.98 Å². The van der Waals surface area contributed by atoms with Crippen LogP contribution in [0.2, 0.25) is 0 Å². The van der Waals surface area contributed by atoms with Crippen LogP contribution < -0.4 is 0 Å². The molecule has 0 spiro atoms. The topological polar surface area (TPSA) is 79.7 Å². The first-order chi connectivity index (χ1) is 7.81. The Kier molecular flexibility index (Phi) is 4.19. The summed E-state index contributed by atoms with van der Waals surface area (Å²) in [6.45, 7) is 5.58. The summed E-state index contributed by atoms with van der Waals surface area (Å²) in [7, 11) is 0. The number of hydrogen-bond acceptors (Lipinski definition) is 5. The first-order valence-corrected chi connectivity index (χ1v) is 5.78. The Labute approximate surface area is 103 Å². The Balaban J connectivity index is 2.67. The van der Waals surface area contributed by atoms with Crippen LogP contribution in [0.15, 0.2) is 5.38 Å². The molecular formula is C10H14N2O4S. The van der Waals surface area contributed by atoms with Crippen LogP contribution in [0.4, 0.5) is 0 Å².